The van der Waals surface area contributed by atoms with Crippen LogP contribution in [0.25, 0.3) is 0 Å². The highest BCUT2D eigenvalue weighted by Gasteiger charge is 2.25. The molecule has 1 aromatic heterocycles. The Labute approximate surface area is 186 Å². The summed E-state index contributed by atoms with van der Waals surface area (Å²) >= 11 is 0. The molecule has 3 rings (SSSR count). The fraction of sp³-hybridized carbons (Fsp3) is 0.478. The van der Waals surface area contributed by atoms with Crippen LogP contribution in [-0.2, 0) is 22.6 Å². The topological polar surface area (TPSA) is 117 Å². The number of benzene rings is 1. The molecule has 0 amide bonds. The van der Waals surface area contributed by atoms with Gasteiger partial charge in [0, 0.05) is 0 Å². The van der Waals surface area contributed by atoms with Crippen LogP contribution in [0.2, 0.25) is 0 Å². The third-order valence-electron chi connectivity index (χ3n) is 5.76. The third kappa shape index (κ3) is 5.53. The van der Waals surface area contributed by atoms with Gasteiger partial charge in [0.2, 0.25) is 0 Å². The van der Waals surface area contributed by atoms with Crippen molar-refractivity contribution in [3.8, 4) is 0 Å². The fourth-order valence-electron chi connectivity index (χ4n) is 3.98. The van der Waals surface area contributed by atoms with E-state index in [1.165, 1.54) is 18.1 Å². The quantitative estimate of drug-likeness (QED) is 0.507. The molecule has 1 aromatic carbocycles. The summed E-state index contributed by atoms with van der Waals surface area (Å²) in [6.45, 7) is 1.06. The summed E-state index contributed by atoms with van der Waals surface area (Å²) in [6, 6.07) is 9.09. The Morgan fingerprint density at radius 3 is 2.19 bits per heavy atom. The zero-order chi connectivity index (χ0) is 23.1. The summed E-state index contributed by atoms with van der Waals surface area (Å²) in [7, 11) is 1.17. The molecule has 0 aliphatic carbocycles. The Bertz CT molecular complexity index is 1070. The molecule has 9 nitrogen and oxygen atoms in total. The minimum atomic E-state index is -0.862. The number of hydrogen-bond acceptors (Lipinski definition) is 7. The lowest BCUT2D eigenvalue weighted by Crippen LogP contribution is -2.46. The third-order valence-corrected chi connectivity index (χ3v) is 5.76. The first-order valence-electron chi connectivity index (χ1n) is 10.9. The smallest absolute Gasteiger partial charge is 0.333 e. The number of aromatic nitrogens is 2. The van der Waals surface area contributed by atoms with Crippen molar-refractivity contribution in [3.05, 3.63) is 62.3 Å². The summed E-state index contributed by atoms with van der Waals surface area (Å²) in [5.74, 6) is -1.39. The van der Waals surface area contributed by atoms with Gasteiger partial charge in [-0.05, 0) is 31.5 Å². The molecular formula is C23H30N4O5. The summed E-state index contributed by atoms with van der Waals surface area (Å²) in [5, 5.41) is 0. The van der Waals surface area contributed by atoms with E-state index in [-0.39, 0.29) is 24.5 Å². The standard InChI is InChI=1S/C23H30N4O5/c1-32-19(29)16-27-22(30)20(18(28)15-25-12-8-3-2-4-9-13-25)21(24)26(23(27)31)14-17-10-6-5-7-11-17/h5-7,10-11H,2-4,8-9,12-16,24H2,1H3. The fourth-order valence-corrected chi connectivity index (χ4v) is 3.98. The van der Waals surface area contributed by atoms with Gasteiger partial charge in [-0.3, -0.25) is 23.9 Å². The van der Waals surface area contributed by atoms with E-state index in [2.05, 4.69) is 4.74 Å². The number of ketones is 1. The van der Waals surface area contributed by atoms with Gasteiger partial charge in [0.1, 0.15) is 17.9 Å². The van der Waals surface area contributed by atoms with E-state index >= 15 is 0 Å². The van der Waals surface area contributed by atoms with E-state index < -0.39 is 29.5 Å². The molecule has 0 radical (unpaired) electrons. The van der Waals surface area contributed by atoms with Crippen molar-refractivity contribution in [2.75, 3.05) is 32.5 Å². The predicted octanol–water partition coefficient (Wildman–Crippen LogP) is 1.26. The Kier molecular flexibility index (Phi) is 7.99. The van der Waals surface area contributed by atoms with Crippen LogP contribution < -0.4 is 17.0 Å². The molecule has 2 heterocycles. The SMILES string of the molecule is COC(=O)Cn1c(=O)c(C(=O)CN2CCCCCCC2)c(N)n(Cc2ccccc2)c1=O. The highest BCUT2D eigenvalue weighted by molar-refractivity contribution is 6.01. The number of carbonyl (C=O) groups excluding carboxylic acids is 2. The van der Waals surface area contributed by atoms with Crippen LogP contribution in [0.3, 0.4) is 0 Å². The Balaban J connectivity index is 2.02. The average Bonchev–Trinajstić information content (AvgIpc) is 2.76. The van der Waals surface area contributed by atoms with Gasteiger partial charge in [-0.2, -0.15) is 0 Å². The second kappa shape index (κ2) is 10.9. The second-order valence-electron chi connectivity index (χ2n) is 8.05. The highest BCUT2D eigenvalue weighted by atomic mass is 16.5. The van der Waals surface area contributed by atoms with Gasteiger partial charge >= 0.3 is 11.7 Å². The molecule has 0 spiro atoms. The summed E-state index contributed by atoms with van der Waals surface area (Å²) in [4.78, 5) is 53.2. The van der Waals surface area contributed by atoms with E-state index in [1.54, 1.807) is 0 Å². The van der Waals surface area contributed by atoms with Crippen LogP contribution in [0.1, 0.15) is 48.0 Å². The first kappa shape index (κ1) is 23.5. The number of esters is 1. The van der Waals surface area contributed by atoms with Crippen molar-refractivity contribution in [3.63, 3.8) is 0 Å². The molecule has 0 saturated carbocycles. The van der Waals surface area contributed by atoms with E-state index in [4.69, 9.17) is 5.73 Å². The number of Topliss-reactive ketones (excluding diaryl/α,β-unsaturated/α-hetero) is 1. The Morgan fingerprint density at radius 1 is 0.938 bits per heavy atom. The molecule has 0 unspecified atom stereocenters. The van der Waals surface area contributed by atoms with Crippen molar-refractivity contribution in [1.82, 2.24) is 14.0 Å². The van der Waals surface area contributed by atoms with E-state index in [0.717, 1.165) is 48.9 Å². The second-order valence-corrected chi connectivity index (χ2v) is 8.05. The molecular weight excluding hydrogens is 412 g/mol. The summed E-state index contributed by atoms with van der Waals surface area (Å²) < 4.78 is 6.52. The number of nitrogens with two attached hydrogens (primary N) is 1. The number of rotatable bonds is 7. The molecule has 1 saturated heterocycles. The summed E-state index contributed by atoms with van der Waals surface area (Å²) in [5.41, 5.74) is 5.11. The normalized spacial score (nSPS) is 15.0. The number of likely N-dealkylation sites (tertiary alicyclic amines) is 1. The minimum absolute atomic E-state index is 0.0429. The van der Waals surface area contributed by atoms with Gasteiger partial charge < -0.3 is 10.5 Å². The molecule has 0 bridgehead atoms. The molecule has 1 aliphatic heterocycles. The number of nitrogens with zero attached hydrogens (tertiary/aromatic N) is 3. The van der Waals surface area contributed by atoms with E-state index in [1.807, 2.05) is 35.2 Å². The monoisotopic (exact) mass is 442 g/mol. The maximum absolute atomic E-state index is 13.2. The molecule has 172 valence electrons. The molecule has 2 aromatic rings. The van der Waals surface area contributed by atoms with Gasteiger partial charge in [-0.25, -0.2) is 9.36 Å². The van der Waals surface area contributed by atoms with Crippen LogP contribution in [0.5, 0.6) is 0 Å². The number of carbonyl (C=O) groups is 2. The first-order chi connectivity index (χ1) is 15.4. The van der Waals surface area contributed by atoms with Crippen molar-refractivity contribution in [2.45, 2.75) is 45.2 Å². The lowest BCUT2D eigenvalue weighted by molar-refractivity contribution is -0.141. The van der Waals surface area contributed by atoms with E-state index in [0.29, 0.717) is 0 Å². The average molecular weight is 443 g/mol. The molecule has 9 heteroatoms. The number of hydrogen-bond donors (Lipinski definition) is 1. The minimum Gasteiger partial charge on any atom is -0.468 e. The number of methoxy groups -OCH3 is 1. The Morgan fingerprint density at radius 2 is 1.56 bits per heavy atom. The van der Waals surface area contributed by atoms with Crippen LogP contribution >= 0.6 is 0 Å². The lowest BCUT2D eigenvalue weighted by atomic mass is 10.1. The molecule has 2 N–H and O–H groups in total. The van der Waals surface area contributed by atoms with Crippen LogP contribution in [0.4, 0.5) is 5.82 Å². The van der Waals surface area contributed by atoms with Crippen molar-refractivity contribution in [1.29, 1.82) is 0 Å². The van der Waals surface area contributed by atoms with Crippen LogP contribution in [0.15, 0.2) is 39.9 Å². The molecule has 1 aliphatic rings. The largest absolute Gasteiger partial charge is 0.468 e. The number of nitrogen functional groups attached to an aromatic ring is 1. The maximum Gasteiger partial charge on any atom is 0.333 e. The van der Waals surface area contributed by atoms with Crippen LogP contribution in [-0.4, -0.2) is 52.5 Å². The van der Waals surface area contributed by atoms with Crippen molar-refractivity contribution in [2.24, 2.45) is 0 Å². The molecule has 32 heavy (non-hydrogen) atoms. The summed E-state index contributed by atoms with van der Waals surface area (Å²) in [6.07, 6.45) is 5.39. The highest BCUT2D eigenvalue weighted by Crippen LogP contribution is 2.13. The lowest BCUT2D eigenvalue weighted by Gasteiger charge is -2.24. The van der Waals surface area contributed by atoms with Gasteiger partial charge in [-0.1, -0.05) is 49.6 Å². The first-order valence-corrected chi connectivity index (χ1v) is 10.9. The predicted molar refractivity (Wildman–Crippen MR) is 121 cm³/mol. The maximum atomic E-state index is 13.2. The van der Waals surface area contributed by atoms with Gasteiger partial charge in [0.15, 0.2) is 5.78 Å². The zero-order valence-electron chi connectivity index (χ0n) is 18.4. The van der Waals surface area contributed by atoms with E-state index in [9.17, 15) is 19.2 Å². The molecule has 0 atom stereocenters. The van der Waals surface area contributed by atoms with Crippen molar-refractivity contribution >= 4 is 17.6 Å². The number of anilines is 1. The number of ether oxygens (including phenoxy) is 1. The zero-order valence-corrected chi connectivity index (χ0v) is 18.4. The Hall–Kier alpha value is -3.20. The molecule has 1 fully saturated rings. The van der Waals surface area contributed by atoms with Gasteiger partial charge in [0.05, 0.1) is 20.2 Å². The van der Waals surface area contributed by atoms with Crippen LogP contribution in [0, 0.1) is 0 Å². The van der Waals surface area contributed by atoms with Gasteiger partial charge in [-0.15, -0.1) is 0 Å². The van der Waals surface area contributed by atoms with Gasteiger partial charge in [0.25, 0.3) is 5.56 Å². The van der Waals surface area contributed by atoms with Crippen molar-refractivity contribution < 1.29 is 14.3 Å².